The molecule has 2 heterocycles. The van der Waals surface area contributed by atoms with Gasteiger partial charge in [-0.1, -0.05) is 30.3 Å². The molecule has 13 heteroatoms. The zero-order valence-corrected chi connectivity index (χ0v) is 21.3. The molecule has 206 valence electrons. The van der Waals surface area contributed by atoms with Crippen LogP contribution in [0.25, 0.3) is 0 Å². The van der Waals surface area contributed by atoms with Crippen LogP contribution in [0, 0.1) is 6.92 Å². The Labute approximate surface area is 218 Å². The van der Waals surface area contributed by atoms with Crippen molar-refractivity contribution in [3.63, 3.8) is 0 Å². The summed E-state index contributed by atoms with van der Waals surface area (Å²) >= 11 is 0. The fraction of sp³-hybridized carbons (Fsp3) is 0.480. The lowest BCUT2D eigenvalue weighted by Gasteiger charge is -2.19. The van der Waals surface area contributed by atoms with Crippen molar-refractivity contribution in [2.24, 2.45) is 0 Å². The number of aryl methyl sites for hydroxylation is 1. The third-order valence-corrected chi connectivity index (χ3v) is 5.87. The van der Waals surface area contributed by atoms with Crippen molar-refractivity contribution < 1.29 is 33.7 Å². The van der Waals surface area contributed by atoms with E-state index in [0.29, 0.717) is 5.56 Å². The summed E-state index contributed by atoms with van der Waals surface area (Å²) in [6, 6.07) is 7.57. The third kappa shape index (κ3) is 8.02. The van der Waals surface area contributed by atoms with Gasteiger partial charge < -0.3 is 30.0 Å². The van der Waals surface area contributed by atoms with Gasteiger partial charge in [0.15, 0.2) is 0 Å². The number of aliphatic hydroxyl groups is 1. The molecule has 3 rings (SSSR count). The van der Waals surface area contributed by atoms with E-state index in [1.165, 1.54) is 24.6 Å². The summed E-state index contributed by atoms with van der Waals surface area (Å²) in [4.78, 5) is 62.4. The Bertz CT molecular complexity index is 1240. The highest BCUT2D eigenvalue weighted by atomic mass is 16.6. The molecule has 1 saturated heterocycles. The van der Waals surface area contributed by atoms with Crippen molar-refractivity contribution in [2.75, 3.05) is 6.61 Å². The van der Waals surface area contributed by atoms with E-state index in [-0.39, 0.29) is 26.1 Å². The number of H-pyrrole nitrogens is 1. The van der Waals surface area contributed by atoms with E-state index in [1.807, 2.05) is 18.2 Å². The molecule has 0 unspecified atom stereocenters. The Morgan fingerprint density at radius 3 is 2.58 bits per heavy atom. The second-order valence-electron chi connectivity index (χ2n) is 9.14. The van der Waals surface area contributed by atoms with Crippen molar-refractivity contribution in [1.29, 1.82) is 0 Å². The van der Waals surface area contributed by atoms with Crippen LogP contribution in [0.15, 0.2) is 46.1 Å². The van der Waals surface area contributed by atoms with Crippen LogP contribution >= 0.6 is 0 Å². The smallest absolute Gasteiger partial charge is 0.408 e. The summed E-state index contributed by atoms with van der Waals surface area (Å²) in [5.74, 6) is -1.15. The predicted molar refractivity (Wildman–Crippen MR) is 133 cm³/mol. The van der Waals surface area contributed by atoms with Gasteiger partial charge in [0.05, 0.1) is 12.5 Å². The SMILES string of the molecule is Cc1cn([C@H]2C[C@H](O)[C@@H](COC(=O)C[C@H](C)NC(=O)[C@H](C)NC(=O)OCc3ccccc3)O2)c(=O)[nH]c1=O. The lowest BCUT2D eigenvalue weighted by Crippen LogP contribution is -2.48. The number of esters is 1. The van der Waals surface area contributed by atoms with E-state index < -0.39 is 59.7 Å². The molecule has 13 nitrogen and oxygen atoms in total. The number of amides is 2. The molecule has 0 radical (unpaired) electrons. The largest absolute Gasteiger partial charge is 0.463 e. The average Bonchev–Trinajstić information content (AvgIpc) is 3.24. The number of hydrogen-bond donors (Lipinski definition) is 4. The van der Waals surface area contributed by atoms with Gasteiger partial charge in [0.1, 0.15) is 31.6 Å². The van der Waals surface area contributed by atoms with E-state index in [0.717, 1.165) is 5.56 Å². The Kier molecular flexibility index (Phi) is 9.79. The van der Waals surface area contributed by atoms with Gasteiger partial charge in [-0.05, 0) is 26.3 Å². The number of aliphatic hydroxyl groups excluding tert-OH is 1. The monoisotopic (exact) mass is 532 g/mol. The maximum absolute atomic E-state index is 12.4. The standard InChI is InChI=1S/C25H32N4O9/c1-14-11-29(24(34)28-22(14)32)20-10-18(30)19(38-20)13-36-21(31)9-15(2)26-23(33)16(3)27-25(35)37-12-17-7-5-4-6-8-17/h4-8,11,15-16,18-20,30H,9-10,12-13H2,1-3H3,(H,26,33)(H,27,35)(H,28,32,34)/t15-,16-,18-,19+,20+/m0/s1. The molecule has 0 aliphatic carbocycles. The number of rotatable bonds is 10. The molecule has 4 N–H and O–H groups in total. The maximum Gasteiger partial charge on any atom is 0.408 e. The number of carbonyl (C=O) groups is 3. The molecule has 0 bridgehead atoms. The Balaban J connectivity index is 1.38. The second kappa shape index (κ2) is 13.0. The summed E-state index contributed by atoms with van der Waals surface area (Å²) < 4.78 is 17.1. The quantitative estimate of drug-likeness (QED) is 0.312. The number of benzene rings is 1. The van der Waals surface area contributed by atoms with Crippen LogP contribution in [0.3, 0.4) is 0 Å². The Morgan fingerprint density at radius 1 is 1.16 bits per heavy atom. The Hall–Kier alpha value is -3.97. The molecule has 0 spiro atoms. The maximum atomic E-state index is 12.4. The fourth-order valence-electron chi connectivity index (χ4n) is 3.75. The summed E-state index contributed by atoms with van der Waals surface area (Å²) in [6.45, 7) is 4.41. The van der Waals surface area contributed by atoms with Crippen LogP contribution in [0.4, 0.5) is 4.79 Å². The van der Waals surface area contributed by atoms with Crippen LogP contribution in [-0.2, 0) is 30.4 Å². The minimum Gasteiger partial charge on any atom is -0.463 e. The van der Waals surface area contributed by atoms with Crippen LogP contribution in [0.5, 0.6) is 0 Å². The zero-order chi connectivity index (χ0) is 27.8. The number of alkyl carbamates (subject to hydrolysis) is 1. The molecule has 0 saturated carbocycles. The van der Waals surface area contributed by atoms with Crippen LogP contribution < -0.4 is 21.9 Å². The molecule has 2 amide bonds. The lowest BCUT2D eigenvalue weighted by molar-refractivity contribution is -0.150. The number of nitrogens with zero attached hydrogens (tertiary/aromatic N) is 1. The van der Waals surface area contributed by atoms with Gasteiger partial charge >= 0.3 is 17.8 Å². The number of aromatic amines is 1. The molecule has 1 fully saturated rings. The minimum atomic E-state index is -1.00. The fourth-order valence-corrected chi connectivity index (χ4v) is 3.75. The van der Waals surface area contributed by atoms with Gasteiger partial charge in [0.25, 0.3) is 5.56 Å². The highest BCUT2D eigenvalue weighted by Crippen LogP contribution is 2.27. The number of nitrogens with one attached hydrogen (secondary N) is 3. The second-order valence-corrected chi connectivity index (χ2v) is 9.14. The first-order valence-corrected chi connectivity index (χ1v) is 12.1. The number of carbonyl (C=O) groups excluding carboxylic acids is 3. The van der Waals surface area contributed by atoms with Crippen molar-refractivity contribution in [3.8, 4) is 0 Å². The van der Waals surface area contributed by atoms with E-state index in [1.54, 1.807) is 19.1 Å². The summed E-state index contributed by atoms with van der Waals surface area (Å²) in [5.41, 5.74) is -0.0709. The van der Waals surface area contributed by atoms with E-state index in [4.69, 9.17) is 14.2 Å². The highest BCUT2D eigenvalue weighted by molar-refractivity contribution is 5.85. The van der Waals surface area contributed by atoms with Crippen LogP contribution in [0.2, 0.25) is 0 Å². The summed E-state index contributed by atoms with van der Waals surface area (Å²) in [6.07, 6.45) is -2.22. The molecule has 2 aromatic rings. The lowest BCUT2D eigenvalue weighted by atomic mass is 10.2. The van der Waals surface area contributed by atoms with Crippen LogP contribution in [-0.4, -0.2) is 63.5 Å². The van der Waals surface area contributed by atoms with E-state index in [2.05, 4.69) is 15.6 Å². The molecule has 1 aromatic heterocycles. The molecule has 1 aliphatic rings. The minimum absolute atomic E-state index is 0.0602. The number of hydrogen-bond acceptors (Lipinski definition) is 9. The highest BCUT2D eigenvalue weighted by Gasteiger charge is 2.36. The molecule has 1 aliphatic heterocycles. The van der Waals surface area contributed by atoms with Crippen molar-refractivity contribution in [2.45, 2.75) is 70.7 Å². The predicted octanol–water partition coefficient (Wildman–Crippen LogP) is 0.246. The molecular weight excluding hydrogens is 500 g/mol. The van der Waals surface area contributed by atoms with Crippen LogP contribution in [0.1, 0.15) is 44.0 Å². The average molecular weight is 533 g/mol. The first-order chi connectivity index (χ1) is 18.0. The first-order valence-electron chi connectivity index (χ1n) is 12.1. The topological polar surface area (TPSA) is 178 Å². The molecule has 5 atom stereocenters. The van der Waals surface area contributed by atoms with E-state index in [9.17, 15) is 29.1 Å². The van der Waals surface area contributed by atoms with Gasteiger partial charge in [-0.3, -0.25) is 23.9 Å². The Morgan fingerprint density at radius 2 is 1.87 bits per heavy atom. The van der Waals surface area contributed by atoms with Gasteiger partial charge in [0.2, 0.25) is 5.91 Å². The number of ether oxygens (including phenoxy) is 3. The normalized spacial score (nSPS) is 20.3. The van der Waals surface area contributed by atoms with Crippen molar-refractivity contribution >= 4 is 18.0 Å². The van der Waals surface area contributed by atoms with E-state index >= 15 is 0 Å². The molecule has 1 aromatic carbocycles. The zero-order valence-electron chi connectivity index (χ0n) is 21.3. The number of aromatic nitrogens is 2. The van der Waals surface area contributed by atoms with Gasteiger partial charge in [0, 0.05) is 24.2 Å². The summed E-state index contributed by atoms with van der Waals surface area (Å²) in [7, 11) is 0. The first kappa shape index (κ1) is 28.6. The van der Waals surface area contributed by atoms with Crippen molar-refractivity contribution in [1.82, 2.24) is 20.2 Å². The molecule has 38 heavy (non-hydrogen) atoms. The van der Waals surface area contributed by atoms with Gasteiger partial charge in [-0.15, -0.1) is 0 Å². The molecular formula is C25H32N4O9. The third-order valence-electron chi connectivity index (χ3n) is 5.87. The summed E-state index contributed by atoms with van der Waals surface area (Å²) in [5, 5.41) is 15.3. The van der Waals surface area contributed by atoms with Gasteiger partial charge in [-0.25, -0.2) is 9.59 Å². The van der Waals surface area contributed by atoms with Crippen molar-refractivity contribution in [3.05, 3.63) is 68.5 Å². The van der Waals surface area contributed by atoms with Gasteiger partial charge in [-0.2, -0.15) is 0 Å².